The maximum atomic E-state index is 12.2. The van der Waals surface area contributed by atoms with E-state index in [1.54, 1.807) is 12.1 Å². The van der Waals surface area contributed by atoms with Crippen molar-refractivity contribution in [2.75, 3.05) is 11.9 Å². The van der Waals surface area contributed by atoms with Crippen molar-refractivity contribution in [1.29, 1.82) is 0 Å². The van der Waals surface area contributed by atoms with Crippen molar-refractivity contribution in [2.45, 2.75) is 50.3 Å². The highest BCUT2D eigenvalue weighted by Gasteiger charge is 2.40. The number of sulfonamides is 1. The average Bonchev–Trinajstić information content (AvgIpc) is 3.16. The van der Waals surface area contributed by atoms with E-state index in [0.717, 1.165) is 18.3 Å². The Kier molecular flexibility index (Phi) is 5.25. The molecule has 0 saturated heterocycles. The molecular formula is C18H26N2O3S. The van der Waals surface area contributed by atoms with E-state index in [1.807, 2.05) is 6.92 Å². The first-order valence-corrected chi connectivity index (χ1v) is 10.4. The minimum Gasteiger partial charge on any atom is -0.326 e. The Hall–Kier alpha value is -1.40. The maximum Gasteiger partial charge on any atom is 0.240 e. The monoisotopic (exact) mass is 350 g/mol. The first-order chi connectivity index (χ1) is 11.5. The quantitative estimate of drug-likeness (QED) is 0.793. The number of fused-ring (bicyclic) bond motifs is 2. The van der Waals surface area contributed by atoms with Gasteiger partial charge in [-0.2, -0.15) is 0 Å². The van der Waals surface area contributed by atoms with Gasteiger partial charge in [0, 0.05) is 18.7 Å². The summed E-state index contributed by atoms with van der Waals surface area (Å²) in [6, 6.07) is 6.37. The number of hydrogen-bond donors (Lipinski definition) is 2. The smallest absolute Gasteiger partial charge is 0.240 e. The van der Waals surface area contributed by atoms with E-state index < -0.39 is 10.0 Å². The van der Waals surface area contributed by atoms with Gasteiger partial charge in [0.1, 0.15) is 0 Å². The summed E-state index contributed by atoms with van der Waals surface area (Å²) in [4.78, 5) is 12.5. The molecule has 1 aromatic rings. The lowest BCUT2D eigenvalue weighted by atomic mass is 9.86. The SMILES string of the molecule is CCCNS(=O)(=O)c1ccc(NC(=O)CC2CC3CCC2C3)cc1. The minimum absolute atomic E-state index is 0.0345. The van der Waals surface area contributed by atoms with E-state index in [4.69, 9.17) is 0 Å². The van der Waals surface area contributed by atoms with Crippen molar-refractivity contribution in [2.24, 2.45) is 17.8 Å². The van der Waals surface area contributed by atoms with Crippen LogP contribution >= 0.6 is 0 Å². The molecule has 0 aromatic heterocycles. The van der Waals surface area contributed by atoms with Crippen molar-refractivity contribution in [3.05, 3.63) is 24.3 Å². The Bertz CT molecular complexity index is 685. The van der Waals surface area contributed by atoms with E-state index in [1.165, 1.54) is 37.8 Å². The number of anilines is 1. The Balaban J connectivity index is 1.55. The van der Waals surface area contributed by atoms with Crippen LogP contribution in [-0.2, 0) is 14.8 Å². The zero-order valence-corrected chi connectivity index (χ0v) is 14.9. The Morgan fingerprint density at radius 3 is 2.50 bits per heavy atom. The molecule has 3 unspecified atom stereocenters. The lowest BCUT2D eigenvalue weighted by Crippen LogP contribution is -2.24. The molecule has 3 atom stereocenters. The van der Waals surface area contributed by atoms with Crippen LogP contribution in [0.15, 0.2) is 29.2 Å². The van der Waals surface area contributed by atoms with Crippen LogP contribution in [-0.4, -0.2) is 20.9 Å². The molecule has 24 heavy (non-hydrogen) atoms. The second kappa shape index (κ2) is 7.23. The summed E-state index contributed by atoms with van der Waals surface area (Å²) in [5.41, 5.74) is 0.651. The van der Waals surface area contributed by atoms with Gasteiger partial charge in [0.15, 0.2) is 0 Å². The van der Waals surface area contributed by atoms with E-state index in [-0.39, 0.29) is 10.8 Å². The molecule has 0 spiro atoms. The molecule has 2 saturated carbocycles. The fraction of sp³-hybridized carbons (Fsp3) is 0.611. The third-order valence-electron chi connectivity index (χ3n) is 5.32. The highest BCUT2D eigenvalue weighted by molar-refractivity contribution is 7.89. The Morgan fingerprint density at radius 1 is 1.17 bits per heavy atom. The summed E-state index contributed by atoms with van der Waals surface area (Å²) < 4.78 is 26.6. The van der Waals surface area contributed by atoms with Crippen molar-refractivity contribution >= 4 is 21.6 Å². The molecule has 132 valence electrons. The van der Waals surface area contributed by atoms with Gasteiger partial charge in [0.05, 0.1) is 4.90 Å². The van der Waals surface area contributed by atoms with Crippen molar-refractivity contribution in [3.8, 4) is 0 Å². The number of carbonyl (C=O) groups is 1. The number of nitrogens with one attached hydrogen (secondary N) is 2. The van der Waals surface area contributed by atoms with Gasteiger partial charge < -0.3 is 5.32 Å². The molecule has 0 radical (unpaired) electrons. The zero-order valence-electron chi connectivity index (χ0n) is 14.1. The Labute approximate surface area is 144 Å². The van der Waals surface area contributed by atoms with E-state index in [9.17, 15) is 13.2 Å². The minimum atomic E-state index is -3.45. The number of benzene rings is 1. The standard InChI is InChI=1S/C18H26N2O3S/c1-2-9-19-24(22,23)17-7-5-16(6-8-17)20-18(21)12-15-11-13-3-4-14(15)10-13/h5-8,13-15,19H,2-4,9-12H2,1H3,(H,20,21). The predicted molar refractivity (Wildman–Crippen MR) is 94.1 cm³/mol. The van der Waals surface area contributed by atoms with Gasteiger partial charge in [0.25, 0.3) is 0 Å². The van der Waals surface area contributed by atoms with Gasteiger partial charge in [-0.1, -0.05) is 13.3 Å². The summed E-state index contributed by atoms with van der Waals surface area (Å²) >= 11 is 0. The number of amides is 1. The van der Waals surface area contributed by atoms with Gasteiger partial charge in [0.2, 0.25) is 15.9 Å². The topological polar surface area (TPSA) is 75.3 Å². The van der Waals surface area contributed by atoms with Crippen molar-refractivity contribution < 1.29 is 13.2 Å². The van der Waals surface area contributed by atoms with E-state index in [0.29, 0.717) is 24.6 Å². The maximum absolute atomic E-state index is 12.2. The van der Waals surface area contributed by atoms with Gasteiger partial charge in [-0.05, 0) is 67.7 Å². The zero-order chi connectivity index (χ0) is 17.2. The average molecular weight is 350 g/mol. The summed E-state index contributed by atoms with van der Waals surface area (Å²) in [5.74, 6) is 2.14. The van der Waals surface area contributed by atoms with Crippen LogP contribution in [0, 0.1) is 17.8 Å². The number of hydrogen-bond acceptors (Lipinski definition) is 3. The summed E-state index contributed by atoms with van der Waals surface area (Å²) in [6.45, 7) is 2.33. The largest absolute Gasteiger partial charge is 0.326 e. The molecule has 2 bridgehead atoms. The molecule has 2 N–H and O–H groups in total. The van der Waals surface area contributed by atoms with Crippen LogP contribution < -0.4 is 10.0 Å². The van der Waals surface area contributed by atoms with Crippen molar-refractivity contribution in [1.82, 2.24) is 4.72 Å². The molecule has 0 heterocycles. The third kappa shape index (κ3) is 3.98. The number of carbonyl (C=O) groups excluding carboxylic acids is 1. The van der Waals surface area contributed by atoms with Crippen LogP contribution in [0.5, 0.6) is 0 Å². The summed E-state index contributed by atoms with van der Waals surface area (Å²) in [6.07, 6.45) is 6.44. The van der Waals surface area contributed by atoms with Gasteiger partial charge in [-0.25, -0.2) is 13.1 Å². The third-order valence-corrected chi connectivity index (χ3v) is 6.80. The molecule has 0 aliphatic heterocycles. The molecule has 1 amide bonds. The van der Waals surface area contributed by atoms with Crippen LogP contribution in [0.4, 0.5) is 5.69 Å². The van der Waals surface area contributed by atoms with Gasteiger partial charge in [-0.3, -0.25) is 4.79 Å². The summed E-state index contributed by atoms with van der Waals surface area (Å²) in [7, 11) is -3.45. The molecule has 2 aliphatic carbocycles. The molecule has 1 aromatic carbocycles. The normalized spacial score (nSPS) is 25.8. The van der Waals surface area contributed by atoms with E-state index >= 15 is 0 Å². The van der Waals surface area contributed by atoms with Crippen LogP contribution in [0.3, 0.4) is 0 Å². The van der Waals surface area contributed by atoms with Gasteiger partial charge >= 0.3 is 0 Å². The van der Waals surface area contributed by atoms with Gasteiger partial charge in [-0.15, -0.1) is 0 Å². The van der Waals surface area contributed by atoms with Crippen molar-refractivity contribution in [3.63, 3.8) is 0 Å². The first kappa shape index (κ1) is 17.4. The van der Waals surface area contributed by atoms with E-state index in [2.05, 4.69) is 10.0 Å². The fourth-order valence-corrected chi connectivity index (χ4v) is 5.25. The molecule has 5 nitrogen and oxygen atoms in total. The highest BCUT2D eigenvalue weighted by atomic mass is 32.2. The molecule has 2 aliphatic rings. The van der Waals surface area contributed by atoms with Crippen LogP contribution in [0.1, 0.15) is 45.4 Å². The fourth-order valence-electron chi connectivity index (χ4n) is 4.11. The second-order valence-electron chi connectivity index (χ2n) is 7.11. The van der Waals surface area contributed by atoms with Crippen LogP contribution in [0.25, 0.3) is 0 Å². The molecule has 2 fully saturated rings. The van der Waals surface area contributed by atoms with Crippen LogP contribution in [0.2, 0.25) is 0 Å². The highest BCUT2D eigenvalue weighted by Crippen LogP contribution is 2.49. The summed E-state index contributed by atoms with van der Waals surface area (Å²) in [5, 5.41) is 2.90. The predicted octanol–water partition coefficient (Wildman–Crippen LogP) is 3.14. The molecular weight excluding hydrogens is 324 g/mol. The lowest BCUT2D eigenvalue weighted by molar-refractivity contribution is -0.117. The number of rotatable bonds is 7. The first-order valence-electron chi connectivity index (χ1n) is 8.87. The Morgan fingerprint density at radius 2 is 1.92 bits per heavy atom. The molecule has 3 rings (SSSR count). The second-order valence-corrected chi connectivity index (χ2v) is 8.88. The lowest BCUT2D eigenvalue weighted by Gasteiger charge is -2.20. The molecule has 6 heteroatoms.